The number of aryl methyl sites for hydroxylation is 1. The predicted octanol–water partition coefficient (Wildman–Crippen LogP) is 1.90. The average Bonchev–Trinajstić information content (AvgIpc) is 3.22. The Morgan fingerprint density at radius 2 is 2.15 bits per heavy atom. The van der Waals surface area contributed by atoms with E-state index in [2.05, 4.69) is 5.92 Å². The van der Waals surface area contributed by atoms with Crippen molar-refractivity contribution >= 4 is 10.0 Å². The fourth-order valence-corrected chi connectivity index (χ4v) is 3.52. The van der Waals surface area contributed by atoms with Crippen LogP contribution in [0.1, 0.15) is 24.0 Å². The summed E-state index contributed by atoms with van der Waals surface area (Å²) in [6, 6.07) is 6.57. The molecule has 2 rings (SSSR count). The van der Waals surface area contributed by atoms with Gasteiger partial charge >= 0.3 is 0 Å². The summed E-state index contributed by atoms with van der Waals surface area (Å²) in [6.07, 6.45) is 7.39. The number of benzene rings is 1. The molecule has 1 fully saturated rings. The van der Waals surface area contributed by atoms with Crippen molar-refractivity contribution in [3.8, 4) is 18.4 Å². The SMILES string of the molecule is C#CCN(CC1CC1)S(=O)(=O)c1ccc(C#N)c(C)c1. The standard InChI is InChI=1S/C15H16N2O2S/c1-3-8-17(11-13-4-5-13)20(18,19)15-7-6-14(10-16)12(2)9-15/h1,6-7,9,13H,4-5,8,11H2,2H3. The molecule has 1 aliphatic carbocycles. The first-order valence-corrected chi connectivity index (χ1v) is 7.87. The Kier molecular flexibility index (Phi) is 4.13. The second kappa shape index (κ2) is 5.66. The molecule has 0 heterocycles. The third kappa shape index (κ3) is 3.01. The molecule has 1 aromatic rings. The lowest BCUT2D eigenvalue weighted by molar-refractivity contribution is 0.430. The molecule has 0 atom stereocenters. The van der Waals surface area contributed by atoms with Gasteiger partial charge in [0.05, 0.1) is 23.1 Å². The van der Waals surface area contributed by atoms with Gasteiger partial charge in [-0.25, -0.2) is 8.42 Å². The number of hydrogen-bond donors (Lipinski definition) is 0. The summed E-state index contributed by atoms with van der Waals surface area (Å²) in [5, 5.41) is 8.90. The van der Waals surface area contributed by atoms with Crippen LogP contribution in [0, 0.1) is 36.5 Å². The summed E-state index contributed by atoms with van der Waals surface area (Å²) in [6.45, 7) is 2.29. The first-order chi connectivity index (χ1) is 9.48. The zero-order valence-electron chi connectivity index (χ0n) is 11.3. The van der Waals surface area contributed by atoms with Crippen LogP contribution in [0.15, 0.2) is 23.1 Å². The third-order valence-corrected chi connectivity index (χ3v) is 5.19. The van der Waals surface area contributed by atoms with E-state index >= 15 is 0 Å². The number of sulfonamides is 1. The summed E-state index contributed by atoms with van der Waals surface area (Å²) < 4.78 is 26.5. The molecule has 0 amide bonds. The molecule has 1 saturated carbocycles. The fraction of sp³-hybridized carbons (Fsp3) is 0.400. The van der Waals surface area contributed by atoms with E-state index < -0.39 is 10.0 Å². The minimum absolute atomic E-state index is 0.0812. The van der Waals surface area contributed by atoms with Crippen molar-refractivity contribution in [2.45, 2.75) is 24.7 Å². The van der Waals surface area contributed by atoms with Gasteiger partial charge in [0, 0.05) is 6.54 Å². The molecule has 0 saturated heterocycles. The topological polar surface area (TPSA) is 61.2 Å². The van der Waals surface area contributed by atoms with Crippen LogP contribution in [0.5, 0.6) is 0 Å². The van der Waals surface area contributed by atoms with Crippen LogP contribution in [0.4, 0.5) is 0 Å². The number of nitrogens with zero attached hydrogens (tertiary/aromatic N) is 2. The van der Waals surface area contributed by atoms with Gasteiger partial charge in [-0.1, -0.05) is 5.92 Å². The van der Waals surface area contributed by atoms with Gasteiger partial charge in [-0.05, 0) is 49.4 Å². The van der Waals surface area contributed by atoms with E-state index in [9.17, 15) is 8.42 Å². The van der Waals surface area contributed by atoms with Gasteiger partial charge in [-0.15, -0.1) is 6.42 Å². The summed E-state index contributed by atoms with van der Waals surface area (Å²) in [5.74, 6) is 2.84. The maximum absolute atomic E-state index is 12.6. The van der Waals surface area contributed by atoms with E-state index in [1.165, 1.54) is 22.5 Å². The Hall–Kier alpha value is -1.82. The zero-order chi connectivity index (χ0) is 14.8. The molecule has 0 aliphatic heterocycles. The molecule has 1 aliphatic rings. The summed E-state index contributed by atoms with van der Waals surface area (Å²) in [4.78, 5) is 0.199. The lowest BCUT2D eigenvalue weighted by atomic mass is 10.1. The van der Waals surface area contributed by atoms with Gasteiger partial charge in [0.2, 0.25) is 10.0 Å². The van der Waals surface area contributed by atoms with E-state index in [0.29, 0.717) is 23.6 Å². The molecule has 4 nitrogen and oxygen atoms in total. The van der Waals surface area contributed by atoms with E-state index in [1.807, 2.05) is 6.07 Å². The van der Waals surface area contributed by atoms with Crippen molar-refractivity contribution in [1.29, 1.82) is 5.26 Å². The molecule has 20 heavy (non-hydrogen) atoms. The Labute approximate surface area is 120 Å². The monoisotopic (exact) mass is 288 g/mol. The molecule has 0 bridgehead atoms. The van der Waals surface area contributed by atoms with E-state index in [1.54, 1.807) is 6.92 Å². The molecular formula is C15H16N2O2S. The number of rotatable bonds is 5. The highest BCUT2D eigenvalue weighted by Crippen LogP contribution is 2.31. The third-order valence-electron chi connectivity index (χ3n) is 3.38. The Balaban J connectivity index is 2.34. The fourth-order valence-electron chi connectivity index (χ4n) is 2.01. The van der Waals surface area contributed by atoms with Crippen LogP contribution in [-0.2, 0) is 10.0 Å². The van der Waals surface area contributed by atoms with Crippen LogP contribution in [0.2, 0.25) is 0 Å². The molecule has 1 aromatic carbocycles. The molecule has 0 aromatic heterocycles. The van der Waals surface area contributed by atoms with Gasteiger partial charge in [0.1, 0.15) is 0 Å². The number of nitriles is 1. The van der Waals surface area contributed by atoms with Gasteiger partial charge in [-0.2, -0.15) is 9.57 Å². The highest BCUT2D eigenvalue weighted by molar-refractivity contribution is 7.89. The zero-order valence-corrected chi connectivity index (χ0v) is 12.2. The Morgan fingerprint density at radius 1 is 1.45 bits per heavy atom. The normalized spacial score (nSPS) is 14.8. The molecule has 0 radical (unpaired) electrons. The number of terminal acetylenes is 1. The maximum Gasteiger partial charge on any atom is 0.243 e. The van der Waals surface area contributed by atoms with Crippen molar-refractivity contribution < 1.29 is 8.42 Å². The van der Waals surface area contributed by atoms with Gasteiger partial charge in [-0.3, -0.25) is 0 Å². The minimum Gasteiger partial charge on any atom is -0.207 e. The Morgan fingerprint density at radius 3 is 2.65 bits per heavy atom. The van der Waals surface area contributed by atoms with Gasteiger partial charge in [0.25, 0.3) is 0 Å². The summed E-state index contributed by atoms with van der Waals surface area (Å²) in [7, 11) is -3.58. The maximum atomic E-state index is 12.6. The van der Waals surface area contributed by atoms with Crippen LogP contribution in [0.3, 0.4) is 0 Å². The molecule has 104 valence electrons. The van der Waals surface area contributed by atoms with Gasteiger partial charge in [0.15, 0.2) is 0 Å². The Bertz CT molecular complexity index is 692. The highest BCUT2D eigenvalue weighted by atomic mass is 32.2. The van der Waals surface area contributed by atoms with Crippen LogP contribution < -0.4 is 0 Å². The van der Waals surface area contributed by atoms with E-state index in [-0.39, 0.29) is 11.4 Å². The first kappa shape index (κ1) is 14.6. The molecule has 0 spiro atoms. The molecule has 0 unspecified atom stereocenters. The molecular weight excluding hydrogens is 272 g/mol. The smallest absolute Gasteiger partial charge is 0.207 e. The second-order valence-electron chi connectivity index (χ2n) is 5.03. The molecule has 5 heteroatoms. The van der Waals surface area contributed by atoms with Crippen LogP contribution in [0.25, 0.3) is 0 Å². The highest BCUT2D eigenvalue weighted by Gasteiger charge is 2.31. The predicted molar refractivity (Wildman–Crippen MR) is 76.2 cm³/mol. The van der Waals surface area contributed by atoms with E-state index in [4.69, 9.17) is 11.7 Å². The van der Waals surface area contributed by atoms with Crippen molar-refractivity contribution in [2.24, 2.45) is 5.92 Å². The second-order valence-corrected chi connectivity index (χ2v) is 6.97. The lowest BCUT2D eigenvalue weighted by Crippen LogP contribution is -2.33. The summed E-state index contributed by atoms with van der Waals surface area (Å²) >= 11 is 0. The molecule has 0 N–H and O–H groups in total. The van der Waals surface area contributed by atoms with Crippen molar-refractivity contribution in [2.75, 3.05) is 13.1 Å². The summed E-state index contributed by atoms with van der Waals surface area (Å²) in [5.41, 5.74) is 1.13. The minimum atomic E-state index is -3.58. The van der Waals surface area contributed by atoms with Crippen molar-refractivity contribution in [3.63, 3.8) is 0 Å². The van der Waals surface area contributed by atoms with Crippen LogP contribution >= 0.6 is 0 Å². The van der Waals surface area contributed by atoms with Crippen molar-refractivity contribution in [3.05, 3.63) is 29.3 Å². The van der Waals surface area contributed by atoms with Crippen LogP contribution in [-0.4, -0.2) is 25.8 Å². The first-order valence-electron chi connectivity index (χ1n) is 6.43. The van der Waals surface area contributed by atoms with Crippen molar-refractivity contribution in [1.82, 2.24) is 4.31 Å². The lowest BCUT2D eigenvalue weighted by Gasteiger charge is -2.20. The van der Waals surface area contributed by atoms with Gasteiger partial charge < -0.3 is 0 Å². The average molecular weight is 288 g/mol. The quantitative estimate of drug-likeness (QED) is 0.777. The largest absolute Gasteiger partial charge is 0.243 e. The van der Waals surface area contributed by atoms with E-state index in [0.717, 1.165) is 12.8 Å². The number of hydrogen-bond acceptors (Lipinski definition) is 3.